The maximum absolute atomic E-state index is 13.7. The summed E-state index contributed by atoms with van der Waals surface area (Å²) < 4.78 is 7.74. The highest BCUT2D eigenvalue weighted by Crippen LogP contribution is 2.33. The number of para-hydroxylation sites is 1. The SMILES string of the molecule is CC1=C(C(=O)Nc2ccccc2)[C@@H](c2cccs2)n2c(s/c(=C/c3ccc(OCC(=O)[O-])c(Br)c3)c2=O)=N1. The molecule has 3 heterocycles. The second-order valence-corrected chi connectivity index (χ2v) is 11.1. The molecule has 0 fully saturated rings. The van der Waals surface area contributed by atoms with Gasteiger partial charge in [0.1, 0.15) is 18.4 Å². The largest absolute Gasteiger partial charge is 0.546 e. The minimum Gasteiger partial charge on any atom is -0.546 e. The van der Waals surface area contributed by atoms with Gasteiger partial charge < -0.3 is 20.0 Å². The summed E-state index contributed by atoms with van der Waals surface area (Å²) in [5.41, 5.74) is 2.04. The Balaban J connectivity index is 1.56. The van der Waals surface area contributed by atoms with Gasteiger partial charge in [-0.2, -0.15) is 0 Å². The van der Waals surface area contributed by atoms with Gasteiger partial charge in [-0.1, -0.05) is 41.7 Å². The van der Waals surface area contributed by atoms with Crippen molar-refractivity contribution < 1.29 is 19.4 Å². The molecule has 1 aliphatic rings. The van der Waals surface area contributed by atoms with E-state index in [1.807, 2.05) is 35.7 Å². The van der Waals surface area contributed by atoms with Crippen LogP contribution >= 0.6 is 38.6 Å². The quantitative estimate of drug-likeness (QED) is 0.347. The molecule has 1 aliphatic heterocycles. The van der Waals surface area contributed by atoms with E-state index in [1.54, 1.807) is 47.9 Å². The summed E-state index contributed by atoms with van der Waals surface area (Å²) in [5.74, 6) is -1.30. The summed E-state index contributed by atoms with van der Waals surface area (Å²) in [6, 6.07) is 17.4. The number of rotatable bonds is 7. The van der Waals surface area contributed by atoms with Crippen molar-refractivity contribution in [1.29, 1.82) is 0 Å². The third-order valence-corrected chi connectivity index (χ3v) is 8.24. The predicted molar refractivity (Wildman–Crippen MR) is 148 cm³/mol. The molecule has 0 aliphatic carbocycles. The van der Waals surface area contributed by atoms with E-state index in [9.17, 15) is 19.5 Å². The first-order valence-corrected chi connectivity index (χ1v) is 13.9. The summed E-state index contributed by atoms with van der Waals surface area (Å²) in [5, 5.41) is 15.5. The van der Waals surface area contributed by atoms with Crippen molar-refractivity contribution in [3.63, 3.8) is 0 Å². The van der Waals surface area contributed by atoms with Crippen LogP contribution in [0, 0.1) is 0 Å². The summed E-state index contributed by atoms with van der Waals surface area (Å²) in [6.07, 6.45) is 1.73. The van der Waals surface area contributed by atoms with Crippen LogP contribution in [0.3, 0.4) is 0 Å². The maximum Gasteiger partial charge on any atom is 0.271 e. The first-order valence-electron chi connectivity index (χ1n) is 11.4. The lowest BCUT2D eigenvalue weighted by molar-refractivity contribution is -0.307. The molecule has 1 atom stereocenters. The van der Waals surface area contributed by atoms with Crippen LogP contribution < -0.4 is 30.1 Å². The van der Waals surface area contributed by atoms with E-state index in [4.69, 9.17) is 4.74 Å². The number of nitrogens with one attached hydrogen (secondary N) is 1. The highest BCUT2D eigenvalue weighted by atomic mass is 79.9. The van der Waals surface area contributed by atoms with Gasteiger partial charge >= 0.3 is 0 Å². The Morgan fingerprint density at radius 1 is 1.18 bits per heavy atom. The monoisotopic (exact) mass is 608 g/mol. The molecular weight excluding hydrogens is 590 g/mol. The average Bonchev–Trinajstić information content (AvgIpc) is 3.52. The zero-order valence-electron chi connectivity index (χ0n) is 19.8. The topological polar surface area (TPSA) is 113 Å². The van der Waals surface area contributed by atoms with Crippen LogP contribution in [0.15, 0.2) is 91.6 Å². The second-order valence-electron chi connectivity index (χ2n) is 8.27. The zero-order chi connectivity index (χ0) is 26.8. The van der Waals surface area contributed by atoms with E-state index in [2.05, 4.69) is 26.2 Å². The van der Waals surface area contributed by atoms with E-state index >= 15 is 0 Å². The molecular formula is C27H19BrN3O5S2-. The molecule has 0 bridgehead atoms. The number of hydrogen-bond acceptors (Lipinski definition) is 8. The molecule has 2 aromatic heterocycles. The number of carbonyl (C=O) groups excluding carboxylic acids is 2. The van der Waals surface area contributed by atoms with Crippen molar-refractivity contribution >= 4 is 62.2 Å². The van der Waals surface area contributed by atoms with Crippen LogP contribution in [0.4, 0.5) is 5.69 Å². The number of aromatic nitrogens is 1. The van der Waals surface area contributed by atoms with E-state index in [0.717, 1.165) is 4.88 Å². The Morgan fingerprint density at radius 2 is 1.97 bits per heavy atom. The zero-order valence-corrected chi connectivity index (χ0v) is 23.1. The van der Waals surface area contributed by atoms with E-state index in [0.29, 0.717) is 42.1 Å². The minimum absolute atomic E-state index is 0.266. The molecule has 0 radical (unpaired) electrons. The number of ether oxygens (including phenoxy) is 1. The number of allylic oxidation sites excluding steroid dienone is 1. The van der Waals surface area contributed by atoms with Crippen LogP contribution in [0.5, 0.6) is 5.75 Å². The lowest BCUT2D eigenvalue weighted by atomic mass is 10.0. The third kappa shape index (κ3) is 5.26. The van der Waals surface area contributed by atoms with Gasteiger partial charge in [0.2, 0.25) is 0 Å². The van der Waals surface area contributed by atoms with E-state index in [-0.39, 0.29) is 11.5 Å². The minimum atomic E-state index is -1.32. The van der Waals surface area contributed by atoms with Gasteiger partial charge in [0.25, 0.3) is 11.5 Å². The molecule has 0 spiro atoms. The van der Waals surface area contributed by atoms with Crippen molar-refractivity contribution in [2.45, 2.75) is 13.0 Å². The molecule has 2 aromatic carbocycles. The number of amides is 1. The van der Waals surface area contributed by atoms with Crippen LogP contribution in [0.1, 0.15) is 23.4 Å². The predicted octanol–water partition coefficient (Wildman–Crippen LogP) is 2.83. The molecule has 38 heavy (non-hydrogen) atoms. The van der Waals surface area contributed by atoms with Gasteiger partial charge in [-0.05, 0) is 70.2 Å². The Morgan fingerprint density at radius 3 is 2.66 bits per heavy atom. The molecule has 8 nitrogen and oxygen atoms in total. The van der Waals surface area contributed by atoms with Crippen molar-refractivity contribution in [3.05, 3.63) is 112 Å². The fraction of sp³-hybridized carbons (Fsp3) is 0.111. The van der Waals surface area contributed by atoms with Crippen molar-refractivity contribution in [1.82, 2.24) is 4.57 Å². The molecule has 0 unspecified atom stereocenters. The Labute approximate surface area is 233 Å². The molecule has 1 N–H and O–H groups in total. The average molecular weight is 610 g/mol. The molecule has 0 saturated carbocycles. The number of nitrogens with zero attached hydrogens (tertiary/aromatic N) is 2. The first-order chi connectivity index (χ1) is 18.3. The highest BCUT2D eigenvalue weighted by molar-refractivity contribution is 9.10. The smallest absolute Gasteiger partial charge is 0.271 e. The second kappa shape index (κ2) is 10.9. The van der Waals surface area contributed by atoms with Crippen LogP contribution in [0.25, 0.3) is 6.08 Å². The highest BCUT2D eigenvalue weighted by Gasteiger charge is 2.33. The fourth-order valence-electron chi connectivity index (χ4n) is 4.06. The fourth-order valence-corrected chi connectivity index (χ4v) is 6.44. The van der Waals surface area contributed by atoms with Crippen LogP contribution in [0.2, 0.25) is 0 Å². The van der Waals surface area contributed by atoms with Crippen LogP contribution in [-0.2, 0) is 9.59 Å². The lowest BCUT2D eigenvalue weighted by Crippen LogP contribution is -2.40. The number of fused-ring (bicyclic) bond motifs is 1. The summed E-state index contributed by atoms with van der Waals surface area (Å²) in [4.78, 5) is 43.9. The molecule has 4 aromatic rings. The standard InChI is InChI=1S/C27H20BrN3O5S2/c1-15-23(25(34)30-17-6-3-2-4-7-17)24(20-8-5-11-37-20)31-26(35)21(38-27(31)29-15)13-16-9-10-19(18(28)12-16)36-14-22(32)33/h2-13,24H,14H2,1H3,(H,30,34)(H,32,33)/p-1/b21-13+/t24-/m1/s1. The number of anilines is 1. The Hall–Kier alpha value is -3.80. The van der Waals surface area contributed by atoms with E-state index in [1.165, 1.54) is 22.7 Å². The van der Waals surface area contributed by atoms with Crippen molar-refractivity contribution in [2.24, 2.45) is 4.99 Å². The summed E-state index contributed by atoms with van der Waals surface area (Å²) in [6.45, 7) is 1.21. The lowest BCUT2D eigenvalue weighted by Gasteiger charge is -2.24. The van der Waals surface area contributed by atoms with E-state index < -0.39 is 18.6 Å². The van der Waals surface area contributed by atoms with Gasteiger partial charge in [0.05, 0.1) is 26.2 Å². The number of benzene rings is 2. The summed E-state index contributed by atoms with van der Waals surface area (Å²) in [7, 11) is 0. The molecule has 192 valence electrons. The van der Waals surface area contributed by atoms with Gasteiger partial charge in [0.15, 0.2) is 4.80 Å². The number of carboxylic acid groups (broad SMARTS) is 1. The molecule has 5 rings (SSSR count). The van der Waals surface area contributed by atoms with Gasteiger partial charge in [-0.25, -0.2) is 4.99 Å². The number of halogens is 1. The van der Waals surface area contributed by atoms with Crippen molar-refractivity contribution in [2.75, 3.05) is 11.9 Å². The van der Waals surface area contributed by atoms with Gasteiger partial charge in [-0.3, -0.25) is 14.2 Å². The number of hydrogen-bond donors (Lipinski definition) is 1. The number of aliphatic carboxylic acids is 1. The Bertz CT molecular complexity index is 1740. The van der Waals surface area contributed by atoms with Crippen LogP contribution in [-0.4, -0.2) is 23.1 Å². The number of thiophene rings is 1. The van der Waals surface area contributed by atoms with Gasteiger partial charge in [-0.15, -0.1) is 11.3 Å². The number of carboxylic acids is 1. The first kappa shape index (κ1) is 25.8. The summed E-state index contributed by atoms with van der Waals surface area (Å²) >= 11 is 6.08. The number of thiazole rings is 1. The molecule has 1 amide bonds. The third-order valence-electron chi connectivity index (χ3n) is 5.71. The molecule has 11 heteroatoms. The maximum atomic E-state index is 13.7. The normalized spacial score (nSPS) is 15.1. The van der Waals surface area contributed by atoms with Crippen molar-refractivity contribution in [3.8, 4) is 5.75 Å². The Kier molecular flexibility index (Phi) is 7.41. The molecule has 0 saturated heterocycles. The number of carbonyl (C=O) groups is 2. The van der Waals surface area contributed by atoms with Gasteiger partial charge in [0, 0.05) is 10.6 Å².